The standard InChI is InChI=1S/C18H21N3O3/c22-17(19-13-16-7-4-12-24-16)18(23)21-10-8-20(9-11-21)14-15-5-2-1-3-6-15/h1-7,12H,8-11,13-14H2,(H,19,22). The van der Waals surface area contributed by atoms with E-state index in [9.17, 15) is 9.59 Å². The summed E-state index contributed by atoms with van der Waals surface area (Å²) in [6.45, 7) is 3.77. The number of carbonyl (C=O) groups excluding carboxylic acids is 2. The molecule has 2 aromatic rings. The first-order valence-electron chi connectivity index (χ1n) is 8.08. The number of hydrogen-bond acceptors (Lipinski definition) is 4. The fourth-order valence-electron chi connectivity index (χ4n) is 2.75. The Labute approximate surface area is 141 Å². The second-order valence-corrected chi connectivity index (χ2v) is 5.82. The number of nitrogens with zero attached hydrogens (tertiary/aromatic N) is 2. The number of nitrogens with one attached hydrogen (secondary N) is 1. The Kier molecular flexibility index (Phi) is 5.28. The van der Waals surface area contributed by atoms with Crippen LogP contribution in [-0.4, -0.2) is 47.8 Å². The molecule has 1 aromatic carbocycles. The summed E-state index contributed by atoms with van der Waals surface area (Å²) in [4.78, 5) is 28.0. The van der Waals surface area contributed by atoms with Crippen LogP contribution in [0.2, 0.25) is 0 Å². The lowest BCUT2D eigenvalue weighted by molar-refractivity contribution is -0.147. The van der Waals surface area contributed by atoms with Crippen LogP contribution in [0.25, 0.3) is 0 Å². The van der Waals surface area contributed by atoms with Crippen LogP contribution < -0.4 is 5.32 Å². The van der Waals surface area contributed by atoms with Crippen LogP contribution >= 0.6 is 0 Å². The Hall–Kier alpha value is -2.60. The van der Waals surface area contributed by atoms with Crippen molar-refractivity contribution in [3.63, 3.8) is 0 Å². The van der Waals surface area contributed by atoms with Gasteiger partial charge in [0.1, 0.15) is 5.76 Å². The molecule has 0 unspecified atom stereocenters. The normalized spacial score (nSPS) is 15.2. The highest BCUT2D eigenvalue weighted by atomic mass is 16.3. The highest BCUT2D eigenvalue weighted by molar-refractivity contribution is 6.34. The molecule has 3 rings (SSSR count). The summed E-state index contributed by atoms with van der Waals surface area (Å²) in [5.74, 6) is -0.423. The molecule has 0 spiro atoms. The second-order valence-electron chi connectivity index (χ2n) is 5.82. The van der Waals surface area contributed by atoms with E-state index in [-0.39, 0.29) is 6.54 Å². The summed E-state index contributed by atoms with van der Waals surface area (Å²) in [7, 11) is 0. The Morgan fingerprint density at radius 2 is 1.75 bits per heavy atom. The molecule has 1 aliphatic heterocycles. The molecular weight excluding hydrogens is 306 g/mol. The third-order valence-corrected chi connectivity index (χ3v) is 4.11. The molecule has 0 saturated carbocycles. The molecule has 0 bridgehead atoms. The molecule has 1 fully saturated rings. The Morgan fingerprint density at radius 1 is 1.00 bits per heavy atom. The van der Waals surface area contributed by atoms with Crippen molar-refractivity contribution in [1.82, 2.24) is 15.1 Å². The van der Waals surface area contributed by atoms with E-state index in [1.54, 1.807) is 17.0 Å². The van der Waals surface area contributed by atoms with Gasteiger partial charge in [-0.2, -0.15) is 0 Å². The van der Waals surface area contributed by atoms with E-state index in [2.05, 4.69) is 22.3 Å². The maximum absolute atomic E-state index is 12.2. The van der Waals surface area contributed by atoms with Gasteiger partial charge in [-0.15, -0.1) is 0 Å². The zero-order chi connectivity index (χ0) is 16.8. The van der Waals surface area contributed by atoms with E-state index in [1.807, 2.05) is 18.2 Å². The van der Waals surface area contributed by atoms with Crippen LogP contribution in [0.5, 0.6) is 0 Å². The van der Waals surface area contributed by atoms with Gasteiger partial charge < -0.3 is 14.6 Å². The quantitative estimate of drug-likeness (QED) is 0.858. The van der Waals surface area contributed by atoms with Crippen molar-refractivity contribution in [2.75, 3.05) is 26.2 Å². The average Bonchev–Trinajstić information content (AvgIpc) is 3.14. The third-order valence-electron chi connectivity index (χ3n) is 4.11. The van der Waals surface area contributed by atoms with Gasteiger partial charge in [-0.05, 0) is 17.7 Å². The predicted molar refractivity (Wildman–Crippen MR) is 88.9 cm³/mol. The molecule has 0 aliphatic carbocycles. The second kappa shape index (κ2) is 7.79. The van der Waals surface area contributed by atoms with Gasteiger partial charge >= 0.3 is 11.8 Å². The average molecular weight is 327 g/mol. The molecule has 6 nitrogen and oxygen atoms in total. The van der Waals surface area contributed by atoms with E-state index in [1.165, 1.54) is 11.8 Å². The van der Waals surface area contributed by atoms with Crippen molar-refractivity contribution in [1.29, 1.82) is 0 Å². The lowest BCUT2D eigenvalue weighted by Gasteiger charge is -2.34. The number of furan rings is 1. The first kappa shape index (κ1) is 16.3. The smallest absolute Gasteiger partial charge is 0.311 e. The van der Waals surface area contributed by atoms with Crippen LogP contribution in [0, 0.1) is 0 Å². The molecule has 1 aliphatic rings. The summed E-state index contributed by atoms with van der Waals surface area (Å²) in [5, 5.41) is 2.60. The van der Waals surface area contributed by atoms with Crippen LogP contribution in [0.15, 0.2) is 53.1 Å². The summed E-state index contributed by atoms with van der Waals surface area (Å²) in [6.07, 6.45) is 1.54. The molecular formula is C18H21N3O3. The summed E-state index contributed by atoms with van der Waals surface area (Å²) < 4.78 is 5.13. The van der Waals surface area contributed by atoms with Gasteiger partial charge in [0, 0.05) is 32.7 Å². The van der Waals surface area contributed by atoms with Crippen molar-refractivity contribution in [2.45, 2.75) is 13.1 Å². The molecule has 24 heavy (non-hydrogen) atoms. The number of carbonyl (C=O) groups is 2. The van der Waals surface area contributed by atoms with E-state index < -0.39 is 11.8 Å². The fourth-order valence-corrected chi connectivity index (χ4v) is 2.75. The maximum atomic E-state index is 12.2. The van der Waals surface area contributed by atoms with Gasteiger partial charge in [0.2, 0.25) is 0 Å². The van der Waals surface area contributed by atoms with E-state index in [0.717, 1.165) is 19.6 Å². The van der Waals surface area contributed by atoms with Gasteiger partial charge in [-0.25, -0.2) is 0 Å². The number of amides is 2. The van der Waals surface area contributed by atoms with Crippen molar-refractivity contribution in [3.8, 4) is 0 Å². The molecule has 1 saturated heterocycles. The lowest BCUT2D eigenvalue weighted by Crippen LogP contribution is -2.52. The zero-order valence-corrected chi connectivity index (χ0v) is 13.5. The van der Waals surface area contributed by atoms with Crippen LogP contribution in [-0.2, 0) is 22.7 Å². The number of piperazine rings is 1. The third kappa shape index (κ3) is 4.23. The SMILES string of the molecule is O=C(NCc1ccco1)C(=O)N1CCN(Cc2ccccc2)CC1. The molecule has 0 atom stereocenters. The van der Waals surface area contributed by atoms with Crippen molar-refractivity contribution >= 4 is 11.8 Å². The molecule has 6 heteroatoms. The number of rotatable bonds is 4. The van der Waals surface area contributed by atoms with Gasteiger partial charge in [-0.3, -0.25) is 14.5 Å². The van der Waals surface area contributed by atoms with Gasteiger partial charge in [0.15, 0.2) is 0 Å². The largest absolute Gasteiger partial charge is 0.467 e. The summed E-state index contributed by atoms with van der Waals surface area (Å²) in [6, 6.07) is 13.7. The van der Waals surface area contributed by atoms with E-state index in [4.69, 9.17) is 4.42 Å². The zero-order valence-electron chi connectivity index (χ0n) is 13.5. The monoisotopic (exact) mass is 327 g/mol. The van der Waals surface area contributed by atoms with E-state index >= 15 is 0 Å². The molecule has 126 valence electrons. The van der Waals surface area contributed by atoms with Crippen molar-refractivity contribution < 1.29 is 14.0 Å². The lowest BCUT2D eigenvalue weighted by atomic mass is 10.2. The highest BCUT2D eigenvalue weighted by Crippen LogP contribution is 2.08. The molecule has 1 aromatic heterocycles. The van der Waals surface area contributed by atoms with Crippen molar-refractivity contribution in [2.24, 2.45) is 0 Å². The first-order chi connectivity index (χ1) is 11.7. The Bertz CT molecular complexity index is 662. The minimum Gasteiger partial charge on any atom is -0.467 e. The van der Waals surface area contributed by atoms with Crippen LogP contribution in [0.3, 0.4) is 0 Å². The topological polar surface area (TPSA) is 65.8 Å². The summed E-state index contributed by atoms with van der Waals surface area (Å²) in [5.41, 5.74) is 1.26. The highest BCUT2D eigenvalue weighted by Gasteiger charge is 2.25. The minimum absolute atomic E-state index is 0.228. The fraction of sp³-hybridized carbons (Fsp3) is 0.333. The Balaban J connectivity index is 1.43. The minimum atomic E-state index is -0.581. The van der Waals surface area contributed by atoms with Crippen LogP contribution in [0.1, 0.15) is 11.3 Å². The molecule has 2 heterocycles. The number of benzene rings is 1. The van der Waals surface area contributed by atoms with Gasteiger partial charge in [0.25, 0.3) is 0 Å². The van der Waals surface area contributed by atoms with Crippen LogP contribution in [0.4, 0.5) is 0 Å². The Morgan fingerprint density at radius 3 is 2.42 bits per heavy atom. The van der Waals surface area contributed by atoms with Crippen molar-refractivity contribution in [3.05, 3.63) is 60.1 Å². The van der Waals surface area contributed by atoms with Gasteiger partial charge in [0.05, 0.1) is 12.8 Å². The maximum Gasteiger partial charge on any atom is 0.311 e. The first-order valence-corrected chi connectivity index (χ1v) is 8.08. The van der Waals surface area contributed by atoms with Gasteiger partial charge in [-0.1, -0.05) is 30.3 Å². The molecule has 1 N–H and O–H groups in total. The van der Waals surface area contributed by atoms with E-state index in [0.29, 0.717) is 18.8 Å². The predicted octanol–water partition coefficient (Wildman–Crippen LogP) is 1.24. The number of hydrogen-bond donors (Lipinski definition) is 1. The molecule has 0 radical (unpaired) electrons. The summed E-state index contributed by atoms with van der Waals surface area (Å²) >= 11 is 0. The molecule has 2 amide bonds.